The molecule has 0 amide bonds. The van der Waals surface area contributed by atoms with Gasteiger partial charge in [-0.2, -0.15) is 0 Å². The first-order chi connectivity index (χ1) is 25.8. The zero-order chi connectivity index (χ0) is 34.5. The molecule has 0 aromatic heterocycles. The first kappa shape index (κ1) is 30.5. The number of hydrogen-bond acceptors (Lipinski definition) is 2. The summed E-state index contributed by atoms with van der Waals surface area (Å²) in [6, 6.07) is 78.5. The van der Waals surface area contributed by atoms with Gasteiger partial charge in [0.25, 0.3) is 0 Å². The fraction of sp³-hybridized carbons (Fsp3) is 0. The van der Waals surface area contributed by atoms with Crippen molar-refractivity contribution >= 4 is 86.0 Å². The maximum Gasteiger partial charge on any atom is 0.246 e. The molecule has 0 unspecified atom stereocenters. The van der Waals surface area contributed by atoms with Crippen LogP contribution >= 0.6 is 0 Å². The molecule has 0 atom stereocenters. The van der Waals surface area contributed by atoms with Gasteiger partial charge in [-0.3, -0.25) is 0 Å². The molecule has 2 aliphatic heterocycles. The predicted octanol–water partition coefficient (Wildman–Crippen LogP) is 7.15. The van der Waals surface area contributed by atoms with Crippen molar-refractivity contribution in [3.63, 3.8) is 0 Å². The van der Waals surface area contributed by atoms with Gasteiger partial charge in [-0.25, -0.2) is 0 Å². The minimum atomic E-state index is -2.74. The van der Waals surface area contributed by atoms with Gasteiger partial charge in [0.2, 0.25) is 6.71 Å². The maximum atomic E-state index is 2.52. The molecule has 4 heteroatoms. The van der Waals surface area contributed by atoms with E-state index in [9.17, 15) is 0 Å². The molecule has 244 valence electrons. The molecule has 8 aromatic rings. The summed E-state index contributed by atoms with van der Waals surface area (Å²) in [6.45, 7) is 0.0846. The van der Waals surface area contributed by atoms with E-state index in [1.165, 1.54) is 48.5 Å². The van der Waals surface area contributed by atoms with Crippen molar-refractivity contribution in [2.24, 2.45) is 0 Å². The maximum absolute atomic E-state index is 2.74. The lowest BCUT2D eigenvalue weighted by atomic mass is 9.35. The van der Waals surface area contributed by atoms with Crippen LogP contribution in [0.15, 0.2) is 212 Å². The lowest BCUT2D eigenvalue weighted by molar-refractivity contribution is 1.26. The van der Waals surface area contributed by atoms with Crippen LogP contribution in [-0.2, 0) is 0 Å². The predicted molar refractivity (Wildman–Crippen MR) is 224 cm³/mol. The third-order valence-corrected chi connectivity index (χ3v) is 15.9. The van der Waals surface area contributed by atoms with Gasteiger partial charge in [0.05, 0.1) is 0 Å². The lowest BCUT2D eigenvalue weighted by Gasteiger charge is -2.47. The van der Waals surface area contributed by atoms with Crippen molar-refractivity contribution in [1.29, 1.82) is 0 Å². The third kappa shape index (κ3) is 4.58. The molecule has 52 heavy (non-hydrogen) atoms. The minimum Gasteiger partial charge on any atom is -0.311 e. The second kappa shape index (κ2) is 12.4. The Kier molecular flexibility index (Phi) is 7.29. The summed E-state index contributed by atoms with van der Waals surface area (Å²) in [5, 5.41) is 5.76. The zero-order valence-electron chi connectivity index (χ0n) is 28.7. The molecule has 0 spiro atoms. The average Bonchev–Trinajstić information content (AvgIpc) is 3.23. The summed E-state index contributed by atoms with van der Waals surface area (Å²) < 4.78 is 0. The van der Waals surface area contributed by atoms with Crippen LogP contribution in [-0.4, -0.2) is 14.8 Å². The Hall–Kier alpha value is -6.36. The van der Waals surface area contributed by atoms with Gasteiger partial charge >= 0.3 is 0 Å². The van der Waals surface area contributed by atoms with E-state index >= 15 is 0 Å². The van der Waals surface area contributed by atoms with Crippen LogP contribution in [0.1, 0.15) is 0 Å². The quantitative estimate of drug-likeness (QED) is 0.173. The van der Waals surface area contributed by atoms with Crippen LogP contribution in [0.3, 0.4) is 0 Å². The first-order valence-electron chi connectivity index (χ1n) is 18.1. The number of fused-ring (bicyclic) bond motifs is 4. The topological polar surface area (TPSA) is 6.48 Å². The fourth-order valence-electron chi connectivity index (χ4n) is 8.95. The standard InChI is InChI=1S/C48H35BN2Si/c1-6-19-36(20-7-1)50(37-21-8-2-9-22-37)39-33-34-42-45(35-39)51(38-23-10-3-11-24-38)44-30-18-32-47-48(44)49(42)43-29-16-17-31-46(43)52(47,40-25-12-4-13-26-40)41-27-14-5-15-28-41/h1-35H. The smallest absolute Gasteiger partial charge is 0.246 e. The summed E-state index contributed by atoms with van der Waals surface area (Å²) in [7, 11) is -2.74. The van der Waals surface area contributed by atoms with Crippen LogP contribution < -0.4 is 46.9 Å². The van der Waals surface area contributed by atoms with Crippen LogP contribution in [0.4, 0.5) is 34.1 Å². The summed E-state index contributed by atoms with van der Waals surface area (Å²) >= 11 is 0. The van der Waals surface area contributed by atoms with Gasteiger partial charge in [0.1, 0.15) is 0 Å². The fourth-order valence-corrected chi connectivity index (χ4v) is 14.2. The normalized spacial score (nSPS) is 13.5. The van der Waals surface area contributed by atoms with Crippen molar-refractivity contribution in [2.45, 2.75) is 0 Å². The summed E-state index contributed by atoms with van der Waals surface area (Å²) in [6.07, 6.45) is 0. The SMILES string of the molecule is c1ccc(N(c2ccccc2)c2ccc3c(c2)N(c2ccccc2)c2cccc4c2B3c2ccccc2[Si]4(c2ccccc2)c2ccccc2)cc1. The molecule has 0 fully saturated rings. The largest absolute Gasteiger partial charge is 0.311 e. The molecule has 2 heterocycles. The Balaban J connectivity index is 1.29. The number of nitrogens with zero attached hydrogens (tertiary/aromatic N) is 2. The molecule has 2 aliphatic rings. The van der Waals surface area contributed by atoms with Crippen molar-refractivity contribution in [1.82, 2.24) is 0 Å². The highest BCUT2D eigenvalue weighted by Gasteiger charge is 2.52. The van der Waals surface area contributed by atoms with E-state index in [0.29, 0.717) is 0 Å². The molecule has 10 rings (SSSR count). The molecular formula is C48H35BN2Si. The highest BCUT2D eigenvalue weighted by molar-refractivity contribution is 7.26. The van der Waals surface area contributed by atoms with Crippen molar-refractivity contribution in [2.75, 3.05) is 9.80 Å². The van der Waals surface area contributed by atoms with Crippen molar-refractivity contribution < 1.29 is 0 Å². The Labute approximate surface area is 307 Å². The Morgan fingerprint density at radius 2 is 0.904 bits per heavy atom. The van der Waals surface area contributed by atoms with Gasteiger partial charge in [-0.05, 0) is 86.3 Å². The Morgan fingerprint density at radius 1 is 0.385 bits per heavy atom. The van der Waals surface area contributed by atoms with E-state index in [1.54, 1.807) is 0 Å². The van der Waals surface area contributed by atoms with Gasteiger partial charge < -0.3 is 9.80 Å². The molecule has 2 nitrogen and oxygen atoms in total. The highest BCUT2D eigenvalue weighted by Crippen LogP contribution is 2.41. The summed E-state index contributed by atoms with van der Waals surface area (Å²) in [5.41, 5.74) is 11.2. The first-order valence-corrected chi connectivity index (χ1v) is 20.1. The molecule has 0 radical (unpaired) electrons. The number of anilines is 6. The second-order valence-corrected chi connectivity index (χ2v) is 17.4. The molecule has 0 saturated heterocycles. The molecule has 0 bridgehead atoms. The van der Waals surface area contributed by atoms with Crippen molar-refractivity contribution in [3.8, 4) is 0 Å². The highest BCUT2D eigenvalue weighted by atomic mass is 28.3. The van der Waals surface area contributed by atoms with Gasteiger partial charge in [0, 0.05) is 34.1 Å². The second-order valence-electron chi connectivity index (χ2n) is 13.7. The van der Waals surface area contributed by atoms with Crippen LogP contribution in [0.25, 0.3) is 0 Å². The Morgan fingerprint density at radius 3 is 1.52 bits per heavy atom. The number of benzene rings is 8. The van der Waals surface area contributed by atoms with Gasteiger partial charge in [0.15, 0.2) is 8.07 Å². The van der Waals surface area contributed by atoms with Crippen LogP contribution in [0.5, 0.6) is 0 Å². The number of para-hydroxylation sites is 3. The van der Waals surface area contributed by atoms with E-state index < -0.39 is 8.07 Å². The van der Waals surface area contributed by atoms with Crippen molar-refractivity contribution in [3.05, 3.63) is 212 Å². The monoisotopic (exact) mass is 678 g/mol. The van der Waals surface area contributed by atoms with E-state index in [0.717, 1.165) is 22.7 Å². The lowest BCUT2D eigenvalue weighted by Crippen LogP contribution is -2.87. The molecule has 0 aliphatic carbocycles. The minimum absolute atomic E-state index is 0.0846. The van der Waals surface area contributed by atoms with Crippen LogP contribution in [0.2, 0.25) is 0 Å². The van der Waals surface area contributed by atoms with Crippen LogP contribution in [0, 0.1) is 0 Å². The molecule has 0 saturated carbocycles. The van der Waals surface area contributed by atoms with E-state index in [-0.39, 0.29) is 6.71 Å². The molecule has 8 aromatic carbocycles. The number of hydrogen-bond donors (Lipinski definition) is 0. The summed E-state index contributed by atoms with van der Waals surface area (Å²) in [5.74, 6) is 0. The molecular weight excluding hydrogens is 643 g/mol. The third-order valence-electron chi connectivity index (χ3n) is 11.0. The van der Waals surface area contributed by atoms with Gasteiger partial charge in [-0.1, -0.05) is 163 Å². The Bertz CT molecular complexity index is 2450. The van der Waals surface area contributed by atoms with E-state index in [4.69, 9.17) is 0 Å². The van der Waals surface area contributed by atoms with E-state index in [1.807, 2.05) is 0 Å². The average molecular weight is 679 g/mol. The van der Waals surface area contributed by atoms with E-state index in [2.05, 4.69) is 222 Å². The zero-order valence-corrected chi connectivity index (χ0v) is 29.7. The summed E-state index contributed by atoms with van der Waals surface area (Å²) in [4.78, 5) is 4.89. The van der Waals surface area contributed by atoms with Gasteiger partial charge in [-0.15, -0.1) is 0 Å². The molecule has 0 N–H and O–H groups in total. The number of rotatable bonds is 6.